The van der Waals surface area contributed by atoms with Crippen LogP contribution >= 0.6 is 0 Å². The summed E-state index contributed by atoms with van der Waals surface area (Å²) in [5.74, 6) is 0. The number of hydrogen-bond acceptors (Lipinski definition) is 1. The molecule has 0 spiro atoms. The van der Waals surface area contributed by atoms with E-state index in [9.17, 15) is 0 Å². The first-order chi connectivity index (χ1) is 29.2. The normalized spacial score (nSPS) is 12.3. The lowest BCUT2D eigenvalue weighted by atomic mass is 9.92. The van der Waals surface area contributed by atoms with Crippen molar-refractivity contribution in [1.82, 2.24) is 9.13 Å². The molecule has 0 atom stereocenters. The van der Waals surface area contributed by atoms with Crippen LogP contribution in [-0.4, -0.2) is 9.13 Å². The average Bonchev–Trinajstić information content (AvgIpc) is 3.75. The van der Waals surface area contributed by atoms with Crippen molar-refractivity contribution in [3.05, 3.63) is 207 Å². The molecule has 0 saturated carbocycles. The number of allylic oxidation sites excluding steroid dienone is 4. The van der Waals surface area contributed by atoms with E-state index < -0.39 is 0 Å². The van der Waals surface area contributed by atoms with Crippen molar-refractivity contribution < 1.29 is 4.42 Å². The summed E-state index contributed by atoms with van der Waals surface area (Å²) in [5.41, 5.74) is 13.2. The topological polar surface area (TPSA) is 23.0 Å². The fourth-order valence-electron chi connectivity index (χ4n) is 9.76. The maximum Gasteiger partial charge on any atom is 0.135 e. The minimum Gasteiger partial charge on any atom is -0.456 e. The molecular weight excluding hydrogens is 717 g/mol. The second kappa shape index (κ2) is 12.8. The Morgan fingerprint density at radius 1 is 0.424 bits per heavy atom. The Bertz CT molecular complexity index is 3760. The van der Waals surface area contributed by atoms with Crippen LogP contribution in [0, 0.1) is 0 Å². The van der Waals surface area contributed by atoms with E-state index in [1.165, 1.54) is 65.4 Å². The molecule has 0 radical (unpaired) electrons. The van der Waals surface area contributed by atoms with Gasteiger partial charge in [0.1, 0.15) is 11.2 Å². The highest BCUT2D eigenvalue weighted by Gasteiger charge is 2.19. The molecule has 0 aliphatic heterocycles. The molecule has 3 aromatic heterocycles. The molecular formula is C56H36N2O. The van der Waals surface area contributed by atoms with E-state index >= 15 is 0 Å². The van der Waals surface area contributed by atoms with Gasteiger partial charge in [0.2, 0.25) is 0 Å². The van der Waals surface area contributed by atoms with E-state index in [4.69, 9.17) is 4.42 Å². The number of para-hydroxylation sites is 3. The lowest BCUT2D eigenvalue weighted by molar-refractivity contribution is 0.664. The minimum absolute atomic E-state index is 0.864. The summed E-state index contributed by atoms with van der Waals surface area (Å²) in [6, 6.07) is 63.8. The van der Waals surface area contributed by atoms with Crippen LogP contribution in [0.2, 0.25) is 0 Å². The summed E-state index contributed by atoms with van der Waals surface area (Å²) < 4.78 is 11.6. The van der Waals surface area contributed by atoms with Crippen molar-refractivity contribution in [3.63, 3.8) is 0 Å². The van der Waals surface area contributed by atoms with E-state index in [-0.39, 0.29) is 0 Å². The third-order valence-corrected chi connectivity index (χ3v) is 12.3. The van der Waals surface area contributed by atoms with Crippen molar-refractivity contribution in [1.29, 1.82) is 0 Å². The molecule has 276 valence electrons. The lowest BCUT2D eigenvalue weighted by Crippen LogP contribution is -1.93. The average molecular weight is 753 g/mol. The first-order valence-corrected chi connectivity index (χ1v) is 20.1. The van der Waals surface area contributed by atoms with Crippen LogP contribution < -0.4 is 0 Å². The molecule has 0 fully saturated rings. The number of nitrogens with zero attached hydrogens (tertiary/aromatic N) is 2. The van der Waals surface area contributed by atoms with Crippen molar-refractivity contribution in [2.75, 3.05) is 0 Å². The van der Waals surface area contributed by atoms with Gasteiger partial charge in [-0.1, -0.05) is 134 Å². The van der Waals surface area contributed by atoms with Gasteiger partial charge in [0.05, 0.1) is 22.1 Å². The molecule has 59 heavy (non-hydrogen) atoms. The van der Waals surface area contributed by atoms with Crippen LogP contribution in [0.3, 0.4) is 0 Å². The van der Waals surface area contributed by atoms with Crippen LogP contribution in [-0.2, 0) is 0 Å². The van der Waals surface area contributed by atoms with Gasteiger partial charge >= 0.3 is 0 Å². The van der Waals surface area contributed by atoms with Gasteiger partial charge < -0.3 is 13.6 Å². The maximum atomic E-state index is 6.97. The summed E-state index contributed by atoms with van der Waals surface area (Å²) in [4.78, 5) is 0. The highest BCUT2D eigenvalue weighted by atomic mass is 16.3. The molecule has 0 aliphatic carbocycles. The van der Waals surface area contributed by atoms with Crippen molar-refractivity contribution in [2.24, 2.45) is 0 Å². The van der Waals surface area contributed by atoms with Crippen LogP contribution in [0.25, 0.3) is 121 Å². The summed E-state index contributed by atoms with van der Waals surface area (Å²) in [6.07, 6.45) is 5.72. The van der Waals surface area contributed by atoms with Crippen LogP contribution in [0.1, 0.15) is 0 Å². The quantitative estimate of drug-likeness (QED) is 0.155. The van der Waals surface area contributed by atoms with E-state index in [0.29, 0.717) is 0 Å². The molecule has 9 aromatic carbocycles. The molecule has 0 N–H and O–H groups in total. The van der Waals surface area contributed by atoms with Crippen LogP contribution in [0.15, 0.2) is 212 Å². The third-order valence-electron chi connectivity index (χ3n) is 12.3. The number of hydrogen-bond donors (Lipinski definition) is 0. The standard InChI is InChI=1S/C56H36N2O/c1-3-14-37(4-2)57-49-23-10-8-17-41(49)47-33-35(25-29-51(47)57)39-27-31-53-55-43(39)19-12-21-45(55)46-22-13-20-44-40(28-32-54(59-53)56(44)46)36-26-30-52-48(34-36)42-18-9-11-24-50(42)58(52)38-15-6-5-7-16-38/h3-34H,1-2H2. The first kappa shape index (κ1) is 33.3. The molecule has 0 bridgehead atoms. The zero-order valence-corrected chi connectivity index (χ0v) is 32.2. The predicted octanol–water partition coefficient (Wildman–Crippen LogP) is 15.6. The molecule has 3 heterocycles. The van der Waals surface area contributed by atoms with E-state index in [1.54, 1.807) is 0 Å². The van der Waals surface area contributed by atoms with E-state index in [0.717, 1.165) is 55.3 Å². The Hall–Kier alpha value is -7.88. The van der Waals surface area contributed by atoms with Gasteiger partial charge in [-0.05, 0) is 117 Å². The summed E-state index contributed by atoms with van der Waals surface area (Å²) in [7, 11) is 0. The predicted molar refractivity (Wildman–Crippen MR) is 252 cm³/mol. The molecule has 12 rings (SSSR count). The SMILES string of the molecule is C=CC=C(C=C)n1c2ccccc2c2cc(-c3ccc4oc5ccc(-c6ccc7c(c6)c6ccccc6n7-c6ccccc6)c6cccc(c7cccc3c47)c56)ccc21. The summed E-state index contributed by atoms with van der Waals surface area (Å²) in [6.45, 7) is 8.07. The fourth-order valence-corrected chi connectivity index (χ4v) is 9.76. The van der Waals surface area contributed by atoms with Crippen molar-refractivity contribution >= 4 is 92.8 Å². The van der Waals surface area contributed by atoms with Gasteiger partial charge in [0.25, 0.3) is 0 Å². The molecule has 0 amide bonds. The molecule has 0 saturated heterocycles. The fraction of sp³-hybridized carbons (Fsp3) is 0. The third kappa shape index (κ3) is 4.82. The summed E-state index contributed by atoms with van der Waals surface area (Å²) >= 11 is 0. The summed E-state index contributed by atoms with van der Waals surface area (Å²) in [5, 5.41) is 11.8. The van der Waals surface area contributed by atoms with E-state index in [1.807, 2.05) is 18.2 Å². The molecule has 3 nitrogen and oxygen atoms in total. The highest BCUT2D eigenvalue weighted by Crippen LogP contribution is 2.44. The Labute approximate surface area is 340 Å². The van der Waals surface area contributed by atoms with Gasteiger partial charge in [-0.15, -0.1) is 0 Å². The van der Waals surface area contributed by atoms with Gasteiger partial charge in [0.15, 0.2) is 0 Å². The Morgan fingerprint density at radius 2 is 0.915 bits per heavy atom. The van der Waals surface area contributed by atoms with Crippen LogP contribution in [0.5, 0.6) is 0 Å². The second-order valence-corrected chi connectivity index (χ2v) is 15.3. The van der Waals surface area contributed by atoms with Gasteiger partial charge in [-0.2, -0.15) is 0 Å². The number of rotatable bonds is 6. The first-order valence-electron chi connectivity index (χ1n) is 20.1. The number of aromatic nitrogens is 2. The van der Waals surface area contributed by atoms with E-state index in [2.05, 4.69) is 198 Å². The Morgan fingerprint density at radius 3 is 1.54 bits per heavy atom. The largest absolute Gasteiger partial charge is 0.456 e. The van der Waals surface area contributed by atoms with Crippen molar-refractivity contribution in [2.45, 2.75) is 0 Å². The molecule has 0 unspecified atom stereocenters. The zero-order valence-electron chi connectivity index (χ0n) is 32.2. The monoisotopic (exact) mass is 752 g/mol. The maximum absolute atomic E-state index is 6.97. The lowest BCUT2D eigenvalue weighted by Gasteiger charge is -2.11. The van der Waals surface area contributed by atoms with Gasteiger partial charge in [-0.25, -0.2) is 0 Å². The second-order valence-electron chi connectivity index (χ2n) is 15.3. The minimum atomic E-state index is 0.864. The van der Waals surface area contributed by atoms with Gasteiger partial charge in [-0.3, -0.25) is 0 Å². The Balaban J connectivity index is 1.07. The number of benzene rings is 9. The molecule has 0 aliphatic rings. The number of fused-ring (bicyclic) bond motifs is 7. The smallest absolute Gasteiger partial charge is 0.135 e. The van der Waals surface area contributed by atoms with Gasteiger partial charge in [0, 0.05) is 43.7 Å². The molecule has 12 aromatic rings. The highest BCUT2D eigenvalue weighted by molar-refractivity contribution is 6.26. The van der Waals surface area contributed by atoms with Crippen LogP contribution in [0.4, 0.5) is 0 Å². The molecule has 3 heteroatoms. The Kier molecular flexibility index (Phi) is 7.23. The zero-order chi connectivity index (χ0) is 39.2. The van der Waals surface area contributed by atoms with Crippen molar-refractivity contribution in [3.8, 4) is 27.9 Å².